The highest BCUT2D eigenvalue weighted by Crippen LogP contribution is 2.14. The summed E-state index contributed by atoms with van der Waals surface area (Å²) in [6.45, 7) is 3.32. The van der Waals surface area contributed by atoms with Gasteiger partial charge in [0.15, 0.2) is 11.7 Å². The molecule has 0 aliphatic carbocycles. The van der Waals surface area contributed by atoms with E-state index in [1.165, 1.54) is 5.56 Å². The summed E-state index contributed by atoms with van der Waals surface area (Å²) in [4.78, 5) is 9.20. The van der Waals surface area contributed by atoms with Crippen LogP contribution in [0.15, 0.2) is 82.4 Å². The molecule has 0 aliphatic rings. The number of rotatable bonds is 7. The molecular weight excluding hydrogens is 503 g/mol. The van der Waals surface area contributed by atoms with Gasteiger partial charge >= 0.3 is 0 Å². The SMILES string of the molecule is Cc1ccc(CN=C(NCCc2nc(-c3ccco3)n[nH]2)Nc2ccccc2)cc1.I. The van der Waals surface area contributed by atoms with Crippen molar-refractivity contribution in [3.8, 4) is 11.6 Å². The molecule has 4 aromatic rings. The van der Waals surface area contributed by atoms with Gasteiger partial charge in [0.05, 0.1) is 12.8 Å². The topological polar surface area (TPSA) is 91.1 Å². The average molecular weight is 528 g/mol. The molecule has 0 bridgehead atoms. The van der Waals surface area contributed by atoms with Gasteiger partial charge in [-0.2, -0.15) is 5.10 Å². The minimum Gasteiger partial charge on any atom is -0.461 e. The van der Waals surface area contributed by atoms with Crippen molar-refractivity contribution in [3.05, 3.63) is 89.9 Å². The normalized spacial score (nSPS) is 11.1. The second-order valence-corrected chi connectivity index (χ2v) is 6.90. The van der Waals surface area contributed by atoms with Crippen LogP contribution >= 0.6 is 24.0 Å². The van der Waals surface area contributed by atoms with Gasteiger partial charge in [0, 0.05) is 18.7 Å². The first-order valence-electron chi connectivity index (χ1n) is 9.87. The van der Waals surface area contributed by atoms with Crippen LogP contribution in [0.25, 0.3) is 11.6 Å². The first kappa shape index (κ1) is 22.5. The number of nitrogens with zero attached hydrogens (tertiary/aromatic N) is 3. The summed E-state index contributed by atoms with van der Waals surface area (Å²) in [5.41, 5.74) is 3.38. The minimum atomic E-state index is 0. The molecule has 31 heavy (non-hydrogen) atoms. The standard InChI is InChI=1S/C23H24N6O.HI/c1-17-9-11-18(12-10-17)16-25-23(26-19-6-3-2-4-7-19)24-14-13-21-27-22(29-28-21)20-8-5-15-30-20;/h2-12,15H,13-14,16H2,1H3,(H2,24,25,26)(H,27,28,29);1H. The maximum atomic E-state index is 5.33. The summed E-state index contributed by atoms with van der Waals surface area (Å²) in [6.07, 6.45) is 2.28. The zero-order valence-electron chi connectivity index (χ0n) is 17.2. The van der Waals surface area contributed by atoms with Crippen molar-refractivity contribution >= 4 is 35.6 Å². The third-order valence-electron chi connectivity index (χ3n) is 4.50. The molecule has 3 N–H and O–H groups in total. The molecule has 4 rings (SSSR count). The number of aromatic amines is 1. The minimum absolute atomic E-state index is 0. The number of halogens is 1. The highest BCUT2D eigenvalue weighted by Gasteiger charge is 2.08. The molecule has 0 saturated heterocycles. The number of furan rings is 1. The number of aromatic nitrogens is 3. The second kappa shape index (κ2) is 11.3. The van der Waals surface area contributed by atoms with Crippen LogP contribution in [0.2, 0.25) is 0 Å². The van der Waals surface area contributed by atoms with E-state index in [0.717, 1.165) is 17.1 Å². The van der Waals surface area contributed by atoms with Crippen LogP contribution in [0.3, 0.4) is 0 Å². The van der Waals surface area contributed by atoms with E-state index in [1.54, 1.807) is 6.26 Å². The number of benzene rings is 2. The summed E-state index contributed by atoms with van der Waals surface area (Å²) >= 11 is 0. The quantitative estimate of drug-likeness (QED) is 0.182. The van der Waals surface area contributed by atoms with Gasteiger partial charge in [-0.15, -0.1) is 24.0 Å². The third kappa shape index (κ3) is 6.68. The van der Waals surface area contributed by atoms with Crippen molar-refractivity contribution < 1.29 is 4.42 Å². The number of aryl methyl sites for hydroxylation is 1. The van der Waals surface area contributed by atoms with Crippen molar-refractivity contribution in [3.63, 3.8) is 0 Å². The summed E-state index contributed by atoms with van der Waals surface area (Å²) in [6, 6.07) is 22.0. The first-order chi connectivity index (χ1) is 14.8. The van der Waals surface area contributed by atoms with Gasteiger partial charge in [0.2, 0.25) is 5.82 Å². The maximum absolute atomic E-state index is 5.33. The number of aliphatic imine (C=N–C) groups is 1. The molecule has 2 aromatic carbocycles. The molecule has 0 saturated carbocycles. The van der Waals surface area contributed by atoms with Crippen molar-refractivity contribution in [2.45, 2.75) is 19.9 Å². The Kier molecular flexibility index (Phi) is 8.22. The van der Waals surface area contributed by atoms with Crippen molar-refractivity contribution in [2.75, 3.05) is 11.9 Å². The molecule has 160 valence electrons. The highest BCUT2D eigenvalue weighted by atomic mass is 127. The van der Waals surface area contributed by atoms with E-state index in [4.69, 9.17) is 9.41 Å². The predicted molar refractivity (Wildman–Crippen MR) is 134 cm³/mol. The molecule has 7 nitrogen and oxygen atoms in total. The fourth-order valence-electron chi connectivity index (χ4n) is 2.88. The molecule has 8 heteroatoms. The van der Waals surface area contributed by atoms with Crippen molar-refractivity contribution in [1.29, 1.82) is 0 Å². The number of para-hydroxylation sites is 1. The Labute approximate surface area is 198 Å². The summed E-state index contributed by atoms with van der Waals surface area (Å²) in [7, 11) is 0. The van der Waals surface area contributed by atoms with E-state index in [2.05, 4.69) is 57.0 Å². The number of hydrogen-bond acceptors (Lipinski definition) is 4. The fourth-order valence-corrected chi connectivity index (χ4v) is 2.88. The van der Waals surface area contributed by atoms with Crippen LogP contribution in [-0.4, -0.2) is 27.7 Å². The fraction of sp³-hybridized carbons (Fsp3) is 0.174. The lowest BCUT2D eigenvalue weighted by Gasteiger charge is -2.12. The van der Waals surface area contributed by atoms with Gasteiger partial charge in [-0.1, -0.05) is 48.0 Å². The Morgan fingerprint density at radius 2 is 1.84 bits per heavy atom. The van der Waals surface area contributed by atoms with E-state index in [1.807, 2.05) is 42.5 Å². The number of anilines is 1. The molecule has 0 atom stereocenters. The van der Waals surface area contributed by atoms with Gasteiger partial charge in [-0.3, -0.25) is 5.10 Å². The largest absolute Gasteiger partial charge is 0.461 e. The Bertz CT molecular complexity index is 1070. The Hall–Kier alpha value is -3.14. The Balaban J connectivity index is 0.00000272. The van der Waals surface area contributed by atoms with Gasteiger partial charge in [0.25, 0.3) is 0 Å². The van der Waals surface area contributed by atoms with Crippen LogP contribution < -0.4 is 10.6 Å². The van der Waals surface area contributed by atoms with E-state index in [9.17, 15) is 0 Å². The lowest BCUT2D eigenvalue weighted by molar-refractivity contribution is 0.577. The van der Waals surface area contributed by atoms with Gasteiger partial charge in [-0.05, 0) is 36.8 Å². The number of guanidine groups is 1. The average Bonchev–Trinajstić information content (AvgIpc) is 3.46. The Morgan fingerprint density at radius 1 is 1.03 bits per heavy atom. The lowest BCUT2D eigenvalue weighted by Crippen LogP contribution is -2.32. The number of nitrogens with one attached hydrogen (secondary N) is 3. The van der Waals surface area contributed by atoms with E-state index >= 15 is 0 Å². The summed E-state index contributed by atoms with van der Waals surface area (Å²) in [5, 5.41) is 13.9. The summed E-state index contributed by atoms with van der Waals surface area (Å²) < 4.78 is 5.33. The monoisotopic (exact) mass is 528 g/mol. The molecule has 0 unspecified atom stereocenters. The van der Waals surface area contributed by atoms with Crippen molar-refractivity contribution in [2.24, 2.45) is 4.99 Å². The lowest BCUT2D eigenvalue weighted by atomic mass is 10.1. The molecule has 0 amide bonds. The van der Waals surface area contributed by atoms with E-state index in [0.29, 0.717) is 37.1 Å². The van der Waals surface area contributed by atoms with Gasteiger partial charge in [0.1, 0.15) is 5.82 Å². The molecular formula is C23H25IN6O. The maximum Gasteiger partial charge on any atom is 0.216 e. The zero-order chi connectivity index (χ0) is 20.6. The van der Waals surface area contributed by atoms with Crippen LogP contribution in [-0.2, 0) is 13.0 Å². The predicted octanol–water partition coefficient (Wildman–Crippen LogP) is 4.79. The van der Waals surface area contributed by atoms with Gasteiger partial charge < -0.3 is 15.1 Å². The number of H-pyrrole nitrogens is 1. The highest BCUT2D eigenvalue weighted by molar-refractivity contribution is 14.0. The molecule has 0 fully saturated rings. The van der Waals surface area contributed by atoms with Crippen LogP contribution in [0.1, 0.15) is 17.0 Å². The molecule has 0 radical (unpaired) electrons. The van der Waals surface area contributed by atoms with Crippen LogP contribution in [0.5, 0.6) is 0 Å². The van der Waals surface area contributed by atoms with Crippen molar-refractivity contribution in [1.82, 2.24) is 20.5 Å². The van der Waals surface area contributed by atoms with E-state index < -0.39 is 0 Å². The first-order valence-corrected chi connectivity index (χ1v) is 9.87. The summed E-state index contributed by atoms with van der Waals surface area (Å²) in [5.74, 6) is 2.71. The Morgan fingerprint density at radius 3 is 2.58 bits per heavy atom. The zero-order valence-corrected chi connectivity index (χ0v) is 19.5. The van der Waals surface area contributed by atoms with E-state index in [-0.39, 0.29) is 24.0 Å². The smallest absolute Gasteiger partial charge is 0.216 e. The molecule has 2 aromatic heterocycles. The van der Waals surface area contributed by atoms with Crippen LogP contribution in [0.4, 0.5) is 5.69 Å². The second-order valence-electron chi connectivity index (χ2n) is 6.90. The number of hydrogen-bond donors (Lipinski definition) is 3. The third-order valence-corrected chi connectivity index (χ3v) is 4.50. The van der Waals surface area contributed by atoms with Gasteiger partial charge in [-0.25, -0.2) is 9.98 Å². The molecule has 0 aliphatic heterocycles. The van der Waals surface area contributed by atoms with Crippen LogP contribution in [0, 0.1) is 6.92 Å². The molecule has 2 heterocycles. The molecule has 0 spiro atoms.